The van der Waals surface area contributed by atoms with Crippen LogP contribution in [0, 0.1) is 0 Å². The minimum absolute atomic E-state index is 0.298. The van der Waals surface area contributed by atoms with Gasteiger partial charge in [0.05, 0.1) is 19.8 Å². The molecule has 4 N–H and O–H groups in total. The van der Waals surface area contributed by atoms with E-state index in [0.717, 1.165) is 5.69 Å². The SMILES string of the molecule is COCC(O)CNc1cc(N)cc(OC)c1. The van der Waals surface area contributed by atoms with Crippen LogP contribution < -0.4 is 15.8 Å². The second kappa shape index (κ2) is 6.19. The molecule has 1 rings (SSSR count). The summed E-state index contributed by atoms with van der Waals surface area (Å²) in [4.78, 5) is 0. The average molecular weight is 226 g/mol. The summed E-state index contributed by atoms with van der Waals surface area (Å²) in [6.07, 6.45) is -0.544. The van der Waals surface area contributed by atoms with Gasteiger partial charge in [-0.1, -0.05) is 0 Å². The first-order valence-electron chi connectivity index (χ1n) is 5.01. The molecule has 1 unspecified atom stereocenters. The molecule has 90 valence electrons. The van der Waals surface area contributed by atoms with Crippen LogP contribution in [-0.4, -0.2) is 38.6 Å². The summed E-state index contributed by atoms with van der Waals surface area (Å²) in [5, 5.41) is 12.5. The molecule has 0 saturated carbocycles. The number of benzene rings is 1. The first-order valence-corrected chi connectivity index (χ1v) is 5.01. The molecule has 0 aliphatic carbocycles. The molecule has 0 aliphatic heterocycles. The van der Waals surface area contributed by atoms with Gasteiger partial charge in [0, 0.05) is 37.2 Å². The quantitative estimate of drug-likeness (QED) is 0.622. The van der Waals surface area contributed by atoms with Crippen molar-refractivity contribution in [3.63, 3.8) is 0 Å². The van der Waals surface area contributed by atoms with Crippen LogP contribution in [0.3, 0.4) is 0 Å². The molecule has 0 aliphatic rings. The van der Waals surface area contributed by atoms with Crippen molar-refractivity contribution in [2.24, 2.45) is 0 Å². The van der Waals surface area contributed by atoms with E-state index in [-0.39, 0.29) is 0 Å². The maximum Gasteiger partial charge on any atom is 0.122 e. The van der Waals surface area contributed by atoms with Gasteiger partial charge < -0.3 is 25.6 Å². The number of rotatable bonds is 6. The molecular formula is C11H18N2O3. The molecule has 1 atom stereocenters. The van der Waals surface area contributed by atoms with Crippen LogP contribution in [0.5, 0.6) is 5.75 Å². The lowest BCUT2D eigenvalue weighted by Gasteiger charge is -2.13. The highest BCUT2D eigenvalue weighted by atomic mass is 16.5. The van der Waals surface area contributed by atoms with Crippen molar-refractivity contribution in [1.82, 2.24) is 0 Å². The smallest absolute Gasteiger partial charge is 0.122 e. The lowest BCUT2D eigenvalue weighted by Crippen LogP contribution is -2.24. The second-order valence-corrected chi connectivity index (χ2v) is 3.48. The third-order valence-corrected chi connectivity index (χ3v) is 2.07. The largest absolute Gasteiger partial charge is 0.497 e. The van der Waals surface area contributed by atoms with E-state index in [0.29, 0.717) is 24.6 Å². The van der Waals surface area contributed by atoms with Gasteiger partial charge in [0.1, 0.15) is 5.75 Å². The monoisotopic (exact) mass is 226 g/mol. The topological polar surface area (TPSA) is 76.7 Å². The fraction of sp³-hybridized carbons (Fsp3) is 0.455. The Balaban J connectivity index is 2.56. The molecule has 0 amide bonds. The third-order valence-electron chi connectivity index (χ3n) is 2.07. The number of hydrogen-bond donors (Lipinski definition) is 3. The number of ether oxygens (including phenoxy) is 2. The zero-order chi connectivity index (χ0) is 12.0. The zero-order valence-electron chi connectivity index (χ0n) is 9.56. The Labute approximate surface area is 95.2 Å². The molecule has 0 spiro atoms. The van der Waals surface area contributed by atoms with E-state index in [9.17, 15) is 5.11 Å². The molecule has 16 heavy (non-hydrogen) atoms. The second-order valence-electron chi connectivity index (χ2n) is 3.48. The number of hydrogen-bond acceptors (Lipinski definition) is 5. The summed E-state index contributed by atoms with van der Waals surface area (Å²) in [6.45, 7) is 0.701. The van der Waals surface area contributed by atoms with Crippen LogP contribution >= 0.6 is 0 Å². The summed E-state index contributed by atoms with van der Waals surface area (Å²) in [7, 11) is 3.13. The molecule has 0 aromatic heterocycles. The normalized spacial score (nSPS) is 12.2. The highest BCUT2D eigenvalue weighted by Crippen LogP contribution is 2.21. The van der Waals surface area contributed by atoms with E-state index in [2.05, 4.69) is 5.32 Å². The number of methoxy groups -OCH3 is 2. The summed E-state index contributed by atoms with van der Waals surface area (Å²) in [5.41, 5.74) is 7.12. The molecule has 0 saturated heterocycles. The van der Waals surface area contributed by atoms with Gasteiger partial charge in [-0.05, 0) is 6.07 Å². The number of anilines is 2. The molecule has 5 heteroatoms. The highest BCUT2D eigenvalue weighted by molar-refractivity contribution is 5.59. The predicted molar refractivity (Wildman–Crippen MR) is 63.8 cm³/mol. The summed E-state index contributed by atoms with van der Waals surface area (Å²) in [5.74, 6) is 0.684. The minimum atomic E-state index is -0.544. The van der Waals surface area contributed by atoms with Crippen LogP contribution in [0.4, 0.5) is 11.4 Å². The molecule has 0 radical (unpaired) electrons. The van der Waals surface area contributed by atoms with Crippen molar-refractivity contribution in [3.05, 3.63) is 18.2 Å². The zero-order valence-corrected chi connectivity index (χ0v) is 9.56. The van der Waals surface area contributed by atoms with Crippen molar-refractivity contribution in [3.8, 4) is 5.75 Å². The molecule has 0 heterocycles. The number of nitrogens with one attached hydrogen (secondary N) is 1. The van der Waals surface area contributed by atoms with E-state index < -0.39 is 6.10 Å². The predicted octanol–water partition coefficient (Wildman–Crippen LogP) is 0.697. The Morgan fingerprint density at radius 3 is 2.75 bits per heavy atom. The molecular weight excluding hydrogens is 208 g/mol. The Morgan fingerprint density at radius 2 is 2.12 bits per heavy atom. The molecule has 1 aromatic carbocycles. The van der Waals surface area contributed by atoms with Crippen LogP contribution in [0.15, 0.2) is 18.2 Å². The van der Waals surface area contributed by atoms with Crippen LogP contribution in [-0.2, 0) is 4.74 Å². The van der Waals surface area contributed by atoms with Gasteiger partial charge in [0.15, 0.2) is 0 Å². The van der Waals surface area contributed by atoms with Gasteiger partial charge >= 0.3 is 0 Å². The van der Waals surface area contributed by atoms with Crippen molar-refractivity contribution >= 4 is 11.4 Å². The van der Waals surface area contributed by atoms with Crippen molar-refractivity contribution in [2.75, 3.05) is 38.4 Å². The van der Waals surface area contributed by atoms with E-state index in [1.165, 1.54) is 0 Å². The number of nitrogens with two attached hydrogens (primary N) is 1. The lowest BCUT2D eigenvalue weighted by atomic mass is 10.2. The van der Waals surface area contributed by atoms with Crippen LogP contribution in [0.2, 0.25) is 0 Å². The van der Waals surface area contributed by atoms with Gasteiger partial charge in [-0.25, -0.2) is 0 Å². The van der Waals surface area contributed by atoms with Gasteiger partial charge in [0.2, 0.25) is 0 Å². The fourth-order valence-corrected chi connectivity index (χ4v) is 1.33. The Hall–Kier alpha value is -1.46. The van der Waals surface area contributed by atoms with E-state index in [1.807, 2.05) is 6.07 Å². The van der Waals surface area contributed by atoms with E-state index >= 15 is 0 Å². The summed E-state index contributed by atoms with van der Waals surface area (Å²) in [6, 6.07) is 5.33. The summed E-state index contributed by atoms with van der Waals surface area (Å²) >= 11 is 0. The van der Waals surface area contributed by atoms with E-state index in [4.69, 9.17) is 15.2 Å². The van der Waals surface area contributed by atoms with Gasteiger partial charge in [-0.3, -0.25) is 0 Å². The number of aliphatic hydroxyl groups is 1. The first kappa shape index (κ1) is 12.6. The maximum absolute atomic E-state index is 9.46. The van der Waals surface area contributed by atoms with Crippen LogP contribution in [0.25, 0.3) is 0 Å². The van der Waals surface area contributed by atoms with Crippen molar-refractivity contribution in [2.45, 2.75) is 6.10 Å². The van der Waals surface area contributed by atoms with Gasteiger partial charge in [-0.15, -0.1) is 0 Å². The minimum Gasteiger partial charge on any atom is -0.497 e. The van der Waals surface area contributed by atoms with Crippen molar-refractivity contribution < 1.29 is 14.6 Å². The van der Waals surface area contributed by atoms with Crippen LogP contribution in [0.1, 0.15) is 0 Å². The maximum atomic E-state index is 9.46. The third kappa shape index (κ3) is 3.96. The standard InChI is InChI=1S/C11H18N2O3/c1-15-7-10(14)6-13-9-3-8(12)4-11(5-9)16-2/h3-5,10,13-14H,6-7,12H2,1-2H3. The molecule has 1 aromatic rings. The average Bonchev–Trinajstić information content (AvgIpc) is 2.26. The van der Waals surface area contributed by atoms with Gasteiger partial charge in [0.25, 0.3) is 0 Å². The Morgan fingerprint density at radius 1 is 1.38 bits per heavy atom. The summed E-state index contributed by atoms with van der Waals surface area (Å²) < 4.78 is 9.90. The Bertz CT molecular complexity index is 331. The highest BCUT2D eigenvalue weighted by Gasteiger charge is 2.04. The van der Waals surface area contributed by atoms with E-state index in [1.54, 1.807) is 26.4 Å². The number of aliphatic hydroxyl groups excluding tert-OH is 1. The molecule has 0 bridgehead atoms. The van der Waals surface area contributed by atoms with Crippen molar-refractivity contribution in [1.29, 1.82) is 0 Å². The Kier molecular flexibility index (Phi) is 4.88. The lowest BCUT2D eigenvalue weighted by molar-refractivity contribution is 0.0727. The van der Waals surface area contributed by atoms with Gasteiger partial charge in [-0.2, -0.15) is 0 Å². The molecule has 0 fully saturated rings. The fourth-order valence-electron chi connectivity index (χ4n) is 1.33. The first-order chi connectivity index (χ1) is 7.65. The number of nitrogen functional groups attached to an aromatic ring is 1. The molecule has 5 nitrogen and oxygen atoms in total.